The molecule has 0 spiro atoms. The molecule has 17 heavy (non-hydrogen) atoms. The molecule has 0 saturated carbocycles. The van der Waals surface area contributed by atoms with E-state index in [2.05, 4.69) is 21.2 Å². The Labute approximate surface area is 110 Å². The molecule has 0 aromatic carbocycles. The molecule has 0 bridgehead atoms. The molecule has 1 aliphatic rings. The molecule has 0 aliphatic carbocycles. The van der Waals surface area contributed by atoms with Gasteiger partial charge in [-0.2, -0.15) is 0 Å². The molecular formula is C10H18BrNO4S. The van der Waals surface area contributed by atoms with Crippen molar-refractivity contribution in [2.24, 2.45) is 5.92 Å². The van der Waals surface area contributed by atoms with Gasteiger partial charge in [0.2, 0.25) is 5.91 Å². The van der Waals surface area contributed by atoms with E-state index in [1.807, 2.05) is 0 Å². The van der Waals surface area contributed by atoms with Crippen LogP contribution in [0.3, 0.4) is 0 Å². The number of ether oxygens (including phenoxy) is 1. The van der Waals surface area contributed by atoms with E-state index in [0.29, 0.717) is 13.0 Å². The first-order chi connectivity index (χ1) is 7.98. The lowest BCUT2D eigenvalue weighted by atomic mass is 10.1. The summed E-state index contributed by atoms with van der Waals surface area (Å²) in [5.74, 6) is -0.463. The largest absolute Gasteiger partial charge is 0.383 e. The van der Waals surface area contributed by atoms with Gasteiger partial charge in [0.25, 0.3) is 0 Å². The van der Waals surface area contributed by atoms with E-state index < -0.39 is 15.8 Å². The third kappa shape index (κ3) is 4.93. The fourth-order valence-electron chi connectivity index (χ4n) is 1.85. The number of hydrogen-bond donors (Lipinski definition) is 1. The maximum Gasteiger partial charge on any atom is 0.224 e. The normalized spacial score (nSPS) is 24.5. The summed E-state index contributed by atoms with van der Waals surface area (Å²) in [4.78, 5) is 11.8. The summed E-state index contributed by atoms with van der Waals surface area (Å²) in [6, 6.07) is -0.0600. The number of hydrogen-bond acceptors (Lipinski definition) is 4. The van der Waals surface area contributed by atoms with Gasteiger partial charge in [-0.3, -0.25) is 4.79 Å². The molecule has 1 fully saturated rings. The fourth-order valence-corrected chi connectivity index (χ4v) is 4.14. The number of nitrogens with one attached hydrogen (secondary N) is 1. The molecule has 1 aliphatic heterocycles. The van der Waals surface area contributed by atoms with Crippen molar-refractivity contribution >= 4 is 31.7 Å². The third-order valence-corrected chi connectivity index (χ3v) is 5.00. The average Bonchev–Trinajstić information content (AvgIpc) is 2.59. The Hall–Kier alpha value is -0.140. The van der Waals surface area contributed by atoms with Crippen LogP contribution >= 0.6 is 15.9 Å². The van der Waals surface area contributed by atoms with Gasteiger partial charge < -0.3 is 10.1 Å². The monoisotopic (exact) mass is 327 g/mol. The van der Waals surface area contributed by atoms with Gasteiger partial charge in [0.15, 0.2) is 9.84 Å². The molecule has 1 amide bonds. The predicted molar refractivity (Wildman–Crippen MR) is 69.0 cm³/mol. The highest BCUT2D eigenvalue weighted by Gasteiger charge is 2.33. The Morgan fingerprint density at radius 1 is 1.59 bits per heavy atom. The number of carbonyl (C=O) groups excluding carboxylic acids is 1. The van der Waals surface area contributed by atoms with Crippen LogP contribution in [-0.2, 0) is 19.4 Å². The molecule has 2 atom stereocenters. The van der Waals surface area contributed by atoms with Gasteiger partial charge in [-0.15, -0.1) is 0 Å². The van der Waals surface area contributed by atoms with E-state index in [1.165, 1.54) is 0 Å². The SMILES string of the molecule is COCC(CCBr)NC(=O)C1CCS(=O)(=O)C1. The van der Waals surface area contributed by atoms with Crippen molar-refractivity contribution in [3.63, 3.8) is 0 Å². The number of amides is 1. The maximum absolute atomic E-state index is 11.8. The molecule has 7 heteroatoms. The van der Waals surface area contributed by atoms with Crippen LogP contribution in [0.4, 0.5) is 0 Å². The molecule has 0 aromatic heterocycles. The van der Waals surface area contributed by atoms with Gasteiger partial charge in [0, 0.05) is 12.4 Å². The highest BCUT2D eigenvalue weighted by Crippen LogP contribution is 2.18. The number of rotatable bonds is 6. The fraction of sp³-hybridized carbons (Fsp3) is 0.900. The molecule has 0 aromatic rings. The second kappa shape index (κ2) is 6.70. The van der Waals surface area contributed by atoms with E-state index in [-0.39, 0.29) is 23.5 Å². The first kappa shape index (κ1) is 14.9. The van der Waals surface area contributed by atoms with Crippen LogP contribution < -0.4 is 5.32 Å². The minimum Gasteiger partial charge on any atom is -0.383 e. The van der Waals surface area contributed by atoms with Gasteiger partial charge in [0.05, 0.1) is 30.1 Å². The summed E-state index contributed by atoms with van der Waals surface area (Å²) >= 11 is 3.31. The van der Waals surface area contributed by atoms with Gasteiger partial charge in [-0.05, 0) is 12.8 Å². The van der Waals surface area contributed by atoms with Crippen LogP contribution in [0.15, 0.2) is 0 Å². The first-order valence-electron chi connectivity index (χ1n) is 5.54. The summed E-state index contributed by atoms with van der Waals surface area (Å²) in [7, 11) is -1.43. The van der Waals surface area contributed by atoms with E-state index in [4.69, 9.17) is 4.74 Å². The zero-order valence-electron chi connectivity index (χ0n) is 9.82. The second-order valence-corrected chi connectivity index (χ2v) is 7.26. The number of sulfone groups is 1. The Bertz CT molecular complexity index is 351. The number of halogens is 1. The molecular weight excluding hydrogens is 310 g/mol. The van der Waals surface area contributed by atoms with Gasteiger partial charge >= 0.3 is 0 Å². The standard InChI is InChI=1S/C10H18BrNO4S/c1-16-6-9(2-4-11)12-10(13)8-3-5-17(14,15)7-8/h8-9H,2-7H2,1H3,(H,12,13). The van der Waals surface area contributed by atoms with Crippen molar-refractivity contribution in [3.8, 4) is 0 Å². The Kier molecular flexibility index (Phi) is 5.88. The van der Waals surface area contributed by atoms with E-state index in [0.717, 1.165) is 11.8 Å². The molecule has 2 unspecified atom stereocenters. The summed E-state index contributed by atoms with van der Waals surface area (Å²) in [6.45, 7) is 0.441. The quantitative estimate of drug-likeness (QED) is 0.714. The van der Waals surface area contributed by atoms with E-state index in [1.54, 1.807) is 7.11 Å². The molecule has 1 saturated heterocycles. The molecule has 0 radical (unpaired) electrons. The van der Waals surface area contributed by atoms with Crippen molar-refractivity contribution in [3.05, 3.63) is 0 Å². The van der Waals surface area contributed by atoms with Crippen LogP contribution in [-0.4, -0.2) is 50.9 Å². The van der Waals surface area contributed by atoms with Crippen molar-refractivity contribution in [2.45, 2.75) is 18.9 Å². The van der Waals surface area contributed by atoms with Crippen LogP contribution in [0.1, 0.15) is 12.8 Å². The van der Waals surface area contributed by atoms with Crippen molar-refractivity contribution in [2.75, 3.05) is 30.6 Å². The van der Waals surface area contributed by atoms with Crippen molar-refractivity contribution in [1.29, 1.82) is 0 Å². The zero-order valence-corrected chi connectivity index (χ0v) is 12.2. The average molecular weight is 328 g/mol. The lowest BCUT2D eigenvalue weighted by molar-refractivity contribution is -0.125. The first-order valence-corrected chi connectivity index (χ1v) is 8.48. The third-order valence-electron chi connectivity index (χ3n) is 2.78. The summed E-state index contributed by atoms with van der Waals surface area (Å²) in [6.07, 6.45) is 1.20. The summed E-state index contributed by atoms with van der Waals surface area (Å²) in [5.41, 5.74) is 0. The van der Waals surface area contributed by atoms with Gasteiger partial charge in [-0.1, -0.05) is 15.9 Å². The Morgan fingerprint density at radius 3 is 2.76 bits per heavy atom. The lowest BCUT2D eigenvalue weighted by Crippen LogP contribution is -2.42. The highest BCUT2D eigenvalue weighted by molar-refractivity contribution is 9.09. The topological polar surface area (TPSA) is 72.5 Å². The molecule has 1 rings (SSSR count). The smallest absolute Gasteiger partial charge is 0.224 e. The maximum atomic E-state index is 11.8. The molecule has 1 heterocycles. The molecule has 100 valence electrons. The van der Waals surface area contributed by atoms with Crippen LogP contribution in [0.5, 0.6) is 0 Å². The predicted octanol–water partition coefficient (Wildman–Crippen LogP) is 0.337. The minimum absolute atomic E-state index is 0.0210. The summed E-state index contributed by atoms with van der Waals surface area (Å²) < 4.78 is 27.5. The second-order valence-electron chi connectivity index (χ2n) is 4.24. The minimum atomic E-state index is -3.00. The molecule has 5 nitrogen and oxygen atoms in total. The highest BCUT2D eigenvalue weighted by atomic mass is 79.9. The lowest BCUT2D eigenvalue weighted by Gasteiger charge is -2.18. The van der Waals surface area contributed by atoms with Crippen LogP contribution in [0.25, 0.3) is 0 Å². The van der Waals surface area contributed by atoms with Gasteiger partial charge in [0.1, 0.15) is 0 Å². The van der Waals surface area contributed by atoms with Crippen LogP contribution in [0, 0.1) is 5.92 Å². The zero-order chi connectivity index (χ0) is 12.9. The number of methoxy groups -OCH3 is 1. The van der Waals surface area contributed by atoms with Crippen molar-refractivity contribution in [1.82, 2.24) is 5.32 Å². The van der Waals surface area contributed by atoms with E-state index in [9.17, 15) is 13.2 Å². The van der Waals surface area contributed by atoms with Crippen molar-refractivity contribution < 1.29 is 17.9 Å². The molecule has 1 N–H and O–H groups in total. The number of alkyl halides is 1. The Balaban J connectivity index is 2.47. The number of carbonyl (C=O) groups is 1. The van der Waals surface area contributed by atoms with Gasteiger partial charge in [-0.25, -0.2) is 8.42 Å². The van der Waals surface area contributed by atoms with E-state index >= 15 is 0 Å². The van der Waals surface area contributed by atoms with Crippen LogP contribution in [0.2, 0.25) is 0 Å². The Morgan fingerprint density at radius 2 is 2.29 bits per heavy atom. The summed E-state index contributed by atoms with van der Waals surface area (Å²) in [5, 5.41) is 3.61.